The van der Waals surface area contributed by atoms with Crippen LogP contribution in [0.25, 0.3) is 11.0 Å². The lowest BCUT2D eigenvalue weighted by Crippen LogP contribution is -2.46. The molecule has 0 fully saturated rings. The van der Waals surface area contributed by atoms with E-state index in [-0.39, 0.29) is 41.4 Å². The highest BCUT2D eigenvalue weighted by molar-refractivity contribution is 6.22. The molecule has 0 bridgehead atoms. The number of hydrogen-bond donors (Lipinski definition) is 1. The van der Waals surface area contributed by atoms with Gasteiger partial charge in [0, 0.05) is 23.1 Å². The zero-order valence-electron chi connectivity index (χ0n) is 17.5. The molecule has 0 aliphatic carbocycles. The number of rotatable bonds is 6. The van der Waals surface area contributed by atoms with Crippen LogP contribution in [-0.2, 0) is 16.1 Å². The van der Waals surface area contributed by atoms with Gasteiger partial charge in [-0.25, -0.2) is 9.59 Å². The number of esters is 1. The van der Waals surface area contributed by atoms with Crippen LogP contribution in [0.1, 0.15) is 46.5 Å². The fraction of sp³-hybridized carbons (Fsp3) is 0.250. The Morgan fingerprint density at radius 1 is 1.03 bits per heavy atom. The van der Waals surface area contributed by atoms with Crippen LogP contribution in [0.4, 0.5) is 0 Å². The van der Waals surface area contributed by atoms with E-state index >= 15 is 0 Å². The van der Waals surface area contributed by atoms with Gasteiger partial charge in [-0.15, -0.1) is 0 Å². The van der Waals surface area contributed by atoms with Gasteiger partial charge in [0.2, 0.25) is 0 Å². The Labute approximate surface area is 183 Å². The van der Waals surface area contributed by atoms with Crippen molar-refractivity contribution in [2.24, 2.45) is 5.92 Å². The molecule has 3 aromatic rings. The van der Waals surface area contributed by atoms with Crippen LogP contribution in [0, 0.1) is 5.92 Å². The number of imide groups is 1. The summed E-state index contributed by atoms with van der Waals surface area (Å²) in [4.78, 5) is 51.6. The summed E-state index contributed by atoms with van der Waals surface area (Å²) >= 11 is 0. The molecule has 0 unspecified atom stereocenters. The summed E-state index contributed by atoms with van der Waals surface area (Å²) in [6.07, 6.45) is 0.232. The number of carbonyl (C=O) groups is 3. The van der Waals surface area contributed by atoms with Crippen molar-refractivity contribution in [2.75, 3.05) is 0 Å². The number of amides is 2. The van der Waals surface area contributed by atoms with Crippen LogP contribution < -0.4 is 5.63 Å². The van der Waals surface area contributed by atoms with Crippen molar-refractivity contribution in [1.82, 2.24) is 4.90 Å². The zero-order valence-corrected chi connectivity index (χ0v) is 17.5. The average molecular weight is 435 g/mol. The molecule has 1 N–H and O–H groups in total. The number of phenolic OH excluding ortho intramolecular Hbond substituents is 1. The predicted molar refractivity (Wildman–Crippen MR) is 114 cm³/mol. The Hall–Kier alpha value is -3.94. The highest BCUT2D eigenvalue weighted by Gasteiger charge is 2.43. The van der Waals surface area contributed by atoms with E-state index in [1.54, 1.807) is 30.3 Å². The summed E-state index contributed by atoms with van der Waals surface area (Å²) in [6.45, 7) is 3.49. The van der Waals surface area contributed by atoms with Gasteiger partial charge in [-0.05, 0) is 36.6 Å². The Balaban J connectivity index is 1.61. The maximum absolute atomic E-state index is 13.0. The molecule has 8 heteroatoms. The van der Waals surface area contributed by atoms with E-state index in [0.717, 1.165) is 4.90 Å². The minimum atomic E-state index is -1.10. The van der Waals surface area contributed by atoms with E-state index in [1.165, 1.54) is 18.2 Å². The molecule has 0 saturated carbocycles. The average Bonchev–Trinajstić information content (AvgIpc) is 3.00. The highest BCUT2D eigenvalue weighted by Crippen LogP contribution is 2.28. The van der Waals surface area contributed by atoms with Gasteiger partial charge in [0.15, 0.2) is 0 Å². The number of phenols is 1. The van der Waals surface area contributed by atoms with Gasteiger partial charge in [0.05, 0.1) is 11.1 Å². The van der Waals surface area contributed by atoms with Crippen LogP contribution in [0.2, 0.25) is 0 Å². The Morgan fingerprint density at radius 3 is 2.31 bits per heavy atom. The Bertz CT molecular complexity index is 1260. The minimum absolute atomic E-state index is 0.00411. The predicted octanol–water partition coefficient (Wildman–Crippen LogP) is 3.25. The van der Waals surface area contributed by atoms with Crippen molar-refractivity contribution in [1.29, 1.82) is 0 Å². The Kier molecular flexibility index (Phi) is 5.52. The van der Waals surface area contributed by atoms with Crippen LogP contribution >= 0.6 is 0 Å². The molecule has 1 aliphatic rings. The minimum Gasteiger partial charge on any atom is -0.508 e. The fourth-order valence-corrected chi connectivity index (χ4v) is 3.83. The van der Waals surface area contributed by atoms with Crippen LogP contribution in [0.15, 0.2) is 57.7 Å². The largest absolute Gasteiger partial charge is 0.508 e. The standard InChI is InChI=1S/C24H21NO7/c1-13(2)9-19(25-22(28)17-5-3-4-6-18(17)23(25)29)24(30)31-12-14-10-21(27)32-20-11-15(26)7-8-16(14)20/h3-8,10-11,13,19,26H,9,12H2,1-2H3/t19-/m0/s1. The number of aromatic hydroxyl groups is 1. The topological polar surface area (TPSA) is 114 Å². The first kappa shape index (κ1) is 21.3. The number of nitrogens with zero attached hydrogens (tertiary/aromatic N) is 1. The molecule has 1 atom stereocenters. The smallest absolute Gasteiger partial charge is 0.336 e. The SMILES string of the molecule is CC(C)C[C@@H](C(=O)OCc1cc(=O)oc2cc(O)ccc12)N1C(=O)c2ccccc2C1=O. The third-order valence-corrected chi connectivity index (χ3v) is 5.29. The first-order chi connectivity index (χ1) is 15.3. The van der Waals surface area contributed by atoms with Crippen molar-refractivity contribution in [3.05, 3.63) is 75.6 Å². The molecule has 2 heterocycles. The van der Waals surface area contributed by atoms with Crippen LogP contribution in [-0.4, -0.2) is 33.8 Å². The second-order valence-corrected chi connectivity index (χ2v) is 8.05. The zero-order chi connectivity index (χ0) is 23.0. The van der Waals surface area contributed by atoms with Gasteiger partial charge >= 0.3 is 11.6 Å². The first-order valence-corrected chi connectivity index (χ1v) is 10.2. The molecule has 0 radical (unpaired) electrons. The van der Waals surface area contributed by atoms with Crippen LogP contribution in [0.3, 0.4) is 0 Å². The van der Waals surface area contributed by atoms with Crippen molar-refractivity contribution in [2.45, 2.75) is 32.9 Å². The molecular formula is C24H21NO7. The Morgan fingerprint density at radius 2 is 1.69 bits per heavy atom. The van der Waals surface area contributed by atoms with E-state index < -0.39 is 29.5 Å². The van der Waals surface area contributed by atoms with E-state index in [4.69, 9.17) is 9.15 Å². The van der Waals surface area contributed by atoms with Crippen molar-refractivity contribution >= 4 is 28.8 Å². The van der Waals surface area contributed by atoms with Gasteiger partial charge < -0.3 is 14.3 Å². The summed E-state index contributed by atoms with van der Waals surface area (Å²) in [5.41, 5.74) is 0.391. The van der Waals surface area contributed by atoms with E-state index in [9.17, 15) is 24.3 Å². The van der Waals surface area contributed by atoms with E-state index in [1.807, 2.05) is 13.8 Å². The number of fused-ring (bicyclic) bond motifs is 2. The number of carbonyl (C=O) groups excluding carboxylic acids is 3. The summed E-state index contributed by atoms with van der Waals surface area (Å²) in [7, 11) is 0. The molecule has 1 aliphatic heterocycles. The fourth-order valence-electron chi connectivity index (χ4n) is 3.83. The molecular weight excluding hydrogens is 414 g/mol. The lowest BCUT2D eigenvalue weighted by atomic mass is 10.0. The molecule has 2 aromatic carbocycles. The maximum atomic E-state index is 13.0. The van der Waals surface area contributed by atoms with Gasteiger partial charge in [-0.1, -0.05) is 26.0 Å². The quantitative estimate of drug-likeness (QED) is 0.359. The van der Waals surface area contributed by atoms with Crippen molar-refractivity contribution < 1.29 is 28.6 Å². The van der Waals surface area contributed by atoms with Gasteiger partial charge in [-0.2, -0.15) is 0 Å². The molecule has 32 heavy (non-hydrogen) atoms. The van der Waals surface area contributed by atoms with Crippen molar-refractivity contribution in [3.8, 4) is 5.75 Å². The van der Waals surface area contributed by atoms with E-state index in [0.29, 0.717) is 10.9 Å². The summed E-state index contributed by atoms with van der Waals surface area (Å²) in [6, 6.07) is 10.8. The maximum Gasteiger partial charge on any atom is 0.336 e. The second kappa shape index (κ2) is 8.30. The number of ether oxygens (including phenoxy) is 1. The summed E-state index contributed by atoms with van der Waals surface area (Å²) in [5, 5.41) is 10.1. The van der Waals surface area contributed by atoms with E-state index in [2.05, 4.69) is 0 Å². The van der Waals surface area contributed by atoms with Crippen molar-refractivity contribution in [3.63, 3.8) is 0 Å². The molecule has 8 nitrogen and oxygen atoms in total. The third-order valence-electron chi connectivity index (χ3n) is 5.29. The monoisotopic (exact) mass is 435 g/mol. The number of benzene rings is 2. The summed E-state index contributed by atoms with van der Waals surface area (Å²) < 4.78 is 10.5. The van der Waals surface area contributed by atoms with Crippen LogP contribution in [0.5, 0.6) is 5.75 Å². The molecule has 0 saturated heterocycles. The number of hydrogen-bond acceptors (Lipinski definition) is 7. The molecule has 164 valence electrons. The van der Waals surface area contributed by atoms with Gasteiger partial charge in [0.25, 0.3) is 11.8 Å². The molecule has 2 amide bonds. The normalized spacial score (nSPS) is 14.2. The highest BCUT2D eigenvalue weighted by atomic mass is 16.5. The lowest BCUT2D eigenvalue weighted by molar-refractivity contribution is -0.150. The van der Waals surface area contributed by atoms with Gasteiger partial charge in [-0.3, -0.25) is 14.5 Å². The lowest BCUT2D eigenvalue weighted by Gasteiger charge is -2.26. The molecule has 0 spiro atoms. The third kappa shape index (κ3) is 3.87. The first-order valence-electron chi connectivity index (χ1n) is 10.2. The summed E-state index contributed by atoms with van der Waals surface area (Å²) in [5.74, 6) is -1.88. The molecule has 1 aromatic heterocycles. The second-order valence-electron chi connectivity index (χ2n) is 8.05. The molecule has 4 rings (SSSR count). The van der Waals surface area contributed by atoms with Gasteiger partial charge in [0.1, 0.15) is 24.0 Å².